The molecule has 0 aromatic heterocycles. The van der Waals surface area contributed by atoms with E-state index in [1.807, 2.05) is 18.2 Å². The van der Waals surface area contributed by atoms with Crippen molar-refractivity contribution in [1.29, 1.82) is 0 Å². The second kappa shape index (κ2) is 8.38. The molecule has 130 valence electrons. The number of rotatable bonds is 6. The van der Waals surface area contributed by atoms with Gasteiger partial charge < -0.3 is 20.1 Å². The Labute approximate surface area is 142 Å². The van der Waals surface area contributed by atoms with Crippen LogP contribution in [0.2, 0.25) is 0 Å². The fourth-order valence-electron chi connectivity index (χ4n) is 2.95. The quantitative estimate of drug-likeness (QED) is 0.806. The van der Waals surface area contributed by atoms with Crippen molar-refractivity contribution in [2.45, 2.75) is 19.3 Å². The Morgan fingerprint density at radius 1 is 1.25 bits per heavy atom. The molecule has 6 nitrogen and oxygen atoms in total. The summed E-state index contributed by atoms with van der Waals surface area (Å²) in [5.41, 5.74) is 6.01. The largest absolute Gasteiger partial charge is 0.493 e. The fraction of sp³-hybridized carbons (Fsp3) is 0.444. The van der Waals surface area contributed by atoms with E-state index in [1.165, 1.54) is 0 Å². The Kier molecular flexibility index (Phi) is 6.23. The Morgan fingerprint density at radius 3 is 2.54 bits per heavy atom. The summed E-state index contributed by atoms with van der Waals surface area (Å²) in [6.45, 7) is 1.30. The number of carbonyl (C=O) groups excluding carboxylic acids is 2. The third-order valence-corrected chi connectivity index (χ3v) is 4.25. The van der Waals surface area contributed by atoms with Gasteiger partial charge in [0.2, 0.25) is 11.8 Å². The second-order valence-electron chi connectivity index (χ2n) is 5.86. The van der Waals surface area contributed by atoms with Crippen LogP contribution >= 0.6 is 0 Å². The van der Waals surface area contributed by atoms with Crippen LogP contribution in [0.4, 0.5) is 0 Å². The molecule has 2 rings (SSSR count). The van der Waals surface area contributed by atoms with Crippen LogP contribution in [0.3, 0.4) is 0 Å². The van der Waals surface area contributed by atoms with Gasteiger partial charge in [0.1, 0.15) is 0 Å². The Morgan fingerprint density at radius 2 is 1.96 bits per heavy atom. The average Bonchev–Trinajstić information content (AvgIpc) is 2.59. The van der Waals surface area contributed by atoms with Gasteiger partial charge in [0.05, 0.1) is 14.2 Å². The van der Waals surface area contributed by atoms with Gasteiger partial charge in [0, 0.05) is 31.1 Å². The summed E-state index contributed by atoms with van der Waals surface area (Å²) in [6, 6.07) is 5.52. The number of benzene rings is 1. The molecule has 24 heavy (non-hydrogen) atoms. The number of nitrogens with two attached hydrogens (primary N) is 1. The predicted octanol–water partition coefficient (Wildman–Crippen LogP) is 1.83. The first kappa shape index (κ1) is 17.8. The van der Waals surface area contributed by atoms with Crippen molar-refractivity contribution >= 4 is 17.9 Å². The number of hydrogen-bond donors (Lipinski definition) is 1. The fourth-order valence-corrected chi connectivity index (χ4v) is 2.95. The molecule has 0 radical (unpaired) electrons. The maximum atomic E-state index is 12.3. The minimum absolute atomic E-state index is 0.0441. The van der Waals surface area contributed by atoms with Crippen molar-refractivity contribution in [3.8, 4) is 11.5 Å². The smallest absolute Gasteiger partial charge is 0.246 e. The van der Waals surface area contributed by atoms with Crippen LogP contribution < -0.4 is 15.2 Å². The molecule has 0 unspecified atom stereocenters. The van der Waals surface area contributed by atoms with Crippen molar-refractivity contribution in [2.24, 2.45) is 11.7 Å². The molecule has 1 aliphatic rings. The van der Waals surface area contributed by atoms with Gasteiger partial charge >= 0.3 is 0 Å². The van der Waals surface area contributed by atoms with E-state index in [0.29, 0.717) is 31.0 Å². The highest BCUT2D eigenvalue weighted by Crippen LogP contribution is 2.31. The predicted molar refractivity (Wildman–Crippen MR) is 91.7 cm³/mol. The molecule has 0 spiro atoms. The molecule has 2 amide bonds. The molecular weight excluding hydrogens is 308 g/mol. The molecule has 2 N–H and O–H groups in total. The van der Waals surface area contributed by atoms with Gasteiger partial charge in [-0.25, -0.2) is 0 Å². The molecule has 0 aliphatic carbocycles. The van der Waals surface area contributed by atoms with E-state index in [2.05, 4.69) is 0 Å². The van der Waals surface area contributed by atoms with Crippen molar-refractivity contribution < 1.29 is 19.1 Å². The lowest BCUT2D eigenvalue weighted by Crippen LogP contribution is -2.38. The van der Waals surface area contributed by atoms with Crippen LogP contribution in [-0.4, -0.2) is 44.0 Å². The van der Waals surface area contributed by atoms with Crippen LogP contribution in [-0.2, 0) is 9.59 Å². The van der Waals surface area contributed by atoms with Crippen LogP contribution in [0.15, 0.2) is 24.3 Å². The highest BCUT2D eigenvalue weighted by Gasteiger charge is 2.22. The maximum Gasteiger partial charge on any atom is 0.246 e. The summed E-state index contributed by atoms with van der Waals surface area (Å²) in [5.74, 6) is 1.19. The van der Waals surface area contributed by atoms with Gasteiger partial charge in [-0.3, -0.25) is 9.59 Å². The zero-order valence-corrected chi connectivity index (χ0v) is 14.2. The van der Waals surface area contributed by atoms with E-state index in [0.717, 1.165) is 18.4 Å². The zero-order valence-electron chi connectivity index (χ0n) is 14.2. The van der Waals surface area contributed by atoms with Gasteiger partial charge in [-0.05, 0) is 30.9 Å². The number of ether oxygens (including phenoxy) is 2. The lowest BCUT2D eigenvalue weighted by Gasteiger charge is -2.30. The molecule has 1 fully saturated rings. The summed E-state index contributed by atoms with van der Waals surface area (Å²) >= 11 is 0. The molecule has 1 aromatic carbocycles. The lowest BCUT2D eigenvalue weighted by atomic mass is 9.93. The van der Waals surface area contributed by atoms with E-state index in [1.54, 1.807) is 31.3 Å². The number of primary amides is 1. The molecule has 1 heterocycles. The Hall–Kier alpha value is -2.50. The molecular formula is C18H24N2O4. The third kappa shape index (κ3) is 4.50. The van der Waals surface area contributed by atoms with Crippen molar-refractivity contribution in [3.05, 3.63) is 29.8 Å². The van der Waals surface area contributed by atoms with E-state index in [-0.39, 0.29) is 17.7 Å². The first-order chi connectivity index (χ1) is 11.5. The summed E-state index contributed by atoms with van der Waals surface area (Å²) in [5, 5.41) is 0. The summed E-state index contributed by atoms with van der Waals surface area (Å²) in [6.07, 6.45) is 5.31. The van der Waals surface area contributed by atoms with Crippen molar-refractivity contribution in [1.82, 2.24) is 4.90 Å². The molecule has 1 aromatic rings. The maximum absolute atomic E-state index is 12.3. The molecule has 1 aliphatic heterocycles. The van der Waals surface area contributed by atoms with Crippen LogP contribution in [0.5, 0.6) is 11.5 Å². The number of amides is 2. The number of carbonyl (C=O) groups is 2. The van der Waals surface area contributed by atoms with Gasteiger partial charge in [-0.2, -0.15) is 0 Å². The van der Waals surface area contributed by atoms with Gasteiger partial charge in [0.25, 0.3) is 0 Å². The molecule has 6 heteroatoms. The first-order valence-corrected chi connectivity index (χ1v) is 8.01. The summed E-state index contributed by atoms with van der Waals surface area (Å²) < 4.78 is 10.6. The van der Waals surface area contributed by atoms with Crippen LogP contribution in [0.25, 0.3) is 6.08 Å². The summed E-state index contributed by atoms with van der Waals surface area (Å²) in [7, 11) is 3.15. The highest BCUT2D eigenvalue weighted by atomic mass is 16.5. The van der Waals surface area contributed by atoms with Gasteiger partial charge in [0.15, 0.2) is 11.5 Å². The molecule has 0 saturated carbocycles. The standard InChI is InChI=1S/C18H24N2O4/c1-23-15-5-3-4-14(18(15)24-2)6-7-17(22)20-10-8-13(9-11-20)12-16(19)21/h3-7,13H,8-12H2,1-2H3,(H2,19,21)/b7-6+. The molecule has 1 saturated heterocycles. The van der Waals surface area contributed by atoms with Crippen molar-refractivity contribution in [2.75, 3.05) is 27.3 Å². The Bertz CT molecular complexity index is 619. The van der Waals surface area contributed by atoms with E-state index in [4.69, 9.17) is 15.2 Å². The monoisotopic (exact) mass is 332 g/mol. The molecule has 0 atom stereocenters. The number of hydrogen-bond acceptors (Lipinski definition) is 4. The van der Waals surface area contributed by atoms with Crippen molar-refractivity contribution in [3.63, 3.8) is 0 Å². The zero-order chi connectivity index (χ0) is 17.5. The van der Waals surface area contributed by atoms with E-state index >= 15 is 0 Å². The topological polar surface area (TPSA) is 81.9 Å². The number of likely N-dealkylation sites (tertiary alicyclic amines) is 1. The number of para-hydroxylation sites is 1. The second-order valence-corrected chi connectivity index (χ2v) is 5.86. The van der Waals surface area contributed by atoms with Gasteiger partial charge in [-0.1, -0.05) is 12.1 Å². The van der Waals surface area contributed by atoms with E-state index in [9.17, 15) is 9.59 Å². The van der Waals surface area contributed by atoms with E-state index < -0.39 is 0 Å². The normalized spacial score (nSPS) is 15.5. The van der Waals surface area contributed by atoms with Gasteiger partial charge in [-0.15, -0.1) is 0 Å². The highest BCUT2D eigenvalue weighted by molar-refractivity contribution is 5.92. The number of piperidine rings is 1. The minimum atomic E-state index is -0.273. The number of methoxy groups -OCH3 is 2. The lowest BCUT2D eigenvalue weighted by molar-refractivity contribution is -0.127. The van der Waals surface area contributed by atoms with Crippen LogP contribution in [0.1, 0.15) is 24.8 Å². The molecule has 0 bridgehead atoms. The third-order valence-electron chi connectivity index (χ3n) is 4.25. The SMILES string of the molecule is COc1cccc(/C=C/C(=O)N2CCC(CC(N)=O)CC2)c1OC. The Balaban J connectivity index is 1.98. The number of nitrogens with zero attached hydrogens (tertiary/aromatic N) is 1. The summed E-state index contributed by atoms with van der Waals surface area (Å²) in [4.78, 5) is 25.1. The first-order valence-electron chi connectivity index (χ1n) is 8.01. The minimum Gasteiger partial charge on any atom is -0.493 e. The average molecular weight is 332 g/mol. The van der Waals surface area contributed by atoms with Crippen LogP contribution in [0, 0.1) is 5.92 Å².